The average molecular weight is 415 g/mol. The van der Waals surface area contributed by atoms with Crippen molar-refractivity contribution in [3.63, 3.8) is 0 Å². The molecule has 0 fully saturated rings. The van der Waals surface area contributed by atoms with Crippen LogP contribution in [0.4, 0.5) is 22.0 Å². The number of ether oxygens (including phenoxy) is 2. The fourth-order valence-corrected chi connectivity index (χ4v) is 2.93. The Morgan fingerprint density at radius 2 is 1.90 bits per heavy atom. The number of pyridine rings is 1. The number of esters is 1. The lowest BCUT2D eigenvalue weighted by Gasteiger charge is -2.24. The number of rotatable bonds is 5. The lowest BCUT2D eigenvalue weighted by atomic mass is 9.83. The first-order valence-electron chi connectivity index (χ1n) is 8.32. The fourth-order valence-electron chi connectivity index (χ4n) is 2.93. The number of hydrogen-bond donors (Lipinski definition) is 0. The van der Waals surface area contributed by atoms with E-state index in [4.69, 9.17) is 9.47 Å². The quantitative estimate of drug-likeness (QED) is 0.422. The zero-order valence-electron chi connectivity index (χ0n) is 15.0. The molecule has 0 spiro atoms. The van der Waals surface area contributed by atoms with Gasteiger partial charge in [-0.3, -0.25) is 9.59 Å². The highest BCUT2D eigenvalue weighted by Crippen LogP contribution is 2.45. The molecule has 5 nitrogen and oxygen atoms in total. The van der Waals surface area contributed by atoms with Gasteiger partial charge in [-0.1, -0.05) is 0 Å². The van der Waals surface area contributed by atoms with Crippen LogP contribution in [0.2, 0.25) is 0 Å². The van der Waals surface area contributed by atoms with Crippen LogP contribution in [0.1, 0.15) is 23.0 Å². The highest BCUT2D eigenvalue weighted by atomic mass is 19.4. The Morgan fingerprint density at radius 1 is 1.24 bits per heavy atom. The van der Waals surface area contributed by atoms with Crippen molar-refractivity contribution in [2.45, 2.75) is 18.5 Å². The zero-order chi connectivity index (χ0) is 21.4. The molecule has 0 radical (unpaired) electrons. The van der Waals surface area contributed by atoms with Crippen molar-refractivity contribution in [1.82, 2.24) is 4.98 Å². The molecule has 0 amide bonds. The Kier molecular flexibility index (Phi) is 5.29. The topological polar surface area (TPSA) is 65.5 Å². The van der Waals surface area contributed by atoms with E-state index >= 15 is 0 Å². The van der Waals surface area contributed by atoms with E-state index in [-0.39, 0.29) is 29.2 Å². The molecular formula is C19H14F5NO4. The lowest BCUT2D eigenvalue weighted by molar-refractivity contribution is -0.143. The summed E-state index contributed by atoms with van der Waals surface area (Å²) < 4.78 is 76.6. The van der Waals surface area contributed by atoms with Crippen molar-refractivity contribution in [3.8, 4) is 17.0 Å². The molecule has 0 saturated heterocycles. The van der Waals surface area contributed by atoms with Gasteiger partial charge in [0.05, 0.1) is 5.41 Å². The fraction of sp³-hybridized carbons (Fsp3) is 0.316. The van der Waals surface area contributed by atoms with Gasteiger partial charge in [0, 0.05) is 18.1 Å². The molecule has 154 valence electrons. The summed E-state index contributed by atoms with van der Waals surface area (Å²) in [5.41, 5.74) is -2.65. The van der Waals surface area contributed by atoms with Gasteiger partial charge >= 0.3 is 12.1 Å². The van der Waals surface area contributed by atoms with Crippen molar-refractivity contribution in [2.75, 3.05) is 19.9 Å². The third-order valence-corrected chi connectivity index (χ3v) is 4.45. The summed E-state index contributed by atoms with van der Waals surface area (Å²) in [6.45, 7) is -0.873. The maximum atomic E-state index is 14.0. The Balaban J connectivity index is 2.21. The van der Waals surface area contributed by atoms with E-state index in [0.717, 1.165) is 25.1 Å². The second kappa shape index (κ2) is 7.41. The van der Waals surface area contributed by atoms with Gasteiger partial charge < -0.3 is 9.47 Å². The Hall–Kier alpha value is -3.04. The lowest BCUT2D eigenvalue weighted by Crippen LogP contribution is -2.37. The number of aromatic nitrogens is 1. The average Bonchev–Trinajstić information content (AvgIpc) is 3.04. The smallest absolute Gasteiger partial charge is 0.456 e. The van der Waals surface area contributed by atoms with Crippen LogP contribution in [0, 0.1) is 5.82 Å². The number of carbonyl (C=O) groups excluding carboxylic acids is 2. The van der Waals surface area contributed by atoms with Crippen LogP contribution in [0.5, 0.6) is 5.75 Å². The molecule has 0 saturated carbocycles. The molecule has 2 heterocycles. The largest absolute Gasteiger partial charge is 0.490 e. The second-order valence-electron chi connectivity index (χ2n) is 6.55. The van der Waals surface area contributed by atoms with Crippen LogP contribution < -0.4 is 4.74 Å². The maximum absolute atomic E-state index is 14.0. The highest BCUT2D eigenvalue weighted by Gasteiger charge is 2.47. The number of fused-ring (bicyclic) bond motifs is 1. The minimum absolute atomic E-state index is 0.0554. The second-order valence-corrected chi connectivity index (χ2v) is 6.55. The van der Waals surface area contributed by atoms with Crippen LogP contribution in [0.3, 0.4) is 0 Å². The van der Waals surface area contributed by atoms with Crippen LogP contribution in [0.15, 0.2) is 30.3 Å². The molecular weight excluding hydrogens is 401 g/mol. The Labute approximate surface area is 161 Å². The van der Waals surface area contributed by atoms with Crippen molar-refractivity contribution in [3.05, 3.63) is 47.4 Å². The number of benzene rings is 1. The van der Waals surface area contributed by atoms with Crippen molar-refractivity contribution < 1.29 is 41.0 Å². The van der Waals surface area contributed by atoms with E-state index in [1.165, 1.54) is 12.1 Å². The van der Waals surface area contributed by atoms with Crippen molar-refractivity contribution >= 4 is 11.8 Å². The normalized spacial score (nSPS) is 18.1. The Morgan fingerprint density at radius 3 is 2.45 bits per heavy atom. The summed E-state index contributed by atoms with van der Waals surface area (Å²) in [6, 6.07) is 5.39. The third-order valence-electron chi connectivity index (χ3n) is 4.45. The van der Waals surface area contributed by atoms with Crippen LogP contribution in [-0.2, 0) is 14.9 Å². The van der Waals surface area contributed by atoms with Gasteiger partial charge in [0.1, 0.15) is 42.8 Å². The first kappa shape index (κ1) is 20.7. The summed E-state index contributed by atoms with van der Waals surface area (Å²) in [7, 11) is 0. The Bertz CT molecular complexity index is 958. The molecule has 3 rings (SSSR count). The predicted molar refractivity (Wildman–Crippen MR) is 89.8 cm³/mol. The number of nitrogens with zero attached hydrogens (tertiary/aromatic N) is 1. The van der Waals surface area contributed by atoms with Gasteiger partial charge in [-0.2, -0.15) is 13.2 Å². The van der Waals surface area contributed by atoms with Crippen LogP contribution >= 0.6 is 0 Å². The number of ketones is 1. The summed E-state index contributed by atoms with van der Waals surface area (Å²) in [6.07, 6.45) is -5.21. The van der Waals surface area contributed by atoms with E-state index in [1.54, 1.807) is 0 Å². The summed E-state index contributed by atoms with van der Waals surface area (Å²) >= 11 is 0. The van der Waals surface area contributed by atoms with Gasteiger partial charge in [0.25, 0.3) is 5.78 Å². The summed E-state index contributed by atoms with van der Waals surface area (Å²) in [5, 5.41) is 0. The molecule has 1 aliphatic rings. The summed E-state index contributed by atoms with van der Waals surface area (Å²) in [5.74, 6) is -3.59. The van der Waals surface area contributed by atoms with Gasteiger partial charge in [-0.05, 0) is 30.3 Å². The van der Waals surface area contributed by atoms with Crippen molar-refractivity contribution in [2.24, 2.45) is 0 Å². The number of halogens is 5. The molecule has 2 aromatic rings. The van der Waals surface area contributed by atoms with E-state index < -0.39 is 48.1 Å². The van der Waals surface area contributed by atoms with E-state index in [0.29, 0.717) is 0 Å². The number of Topliss-reactive ketones (excluding diaryl/α,β-unsaturated/α-hetero) is 1. The molecule has 10 heteroatoms. The van der Waals surface area contributed by atoms with E-state index in [1.807, 2.05) is 0 Å². The van der Waals surface area contributed by atoms with Crippen molar-refractivity contribution in [1.29, 1.82) is 0 Å². The third kappa shape index (κ3) is 3.92. The van der Waals surface area contributed by atoms with Gasteiger partial charge in [0.15, 0.2) is 0 Å². The first-order valence-corrected chi connectivity index (χ1v) is 8.32. The number of hydrogen-bond acceptors (Lipinski definition) is 5. The molecule has 0 aliphatic carbocycles. The van der Waals surface area contributed by atoms with Crippen LogP contribution in [-0.4, -0.2) is 42.8 Å². The van der Waals surface area contributed by atoms with E-state index in [2.05, 4.69) is 4.98 Å². The molecule has 1 aliphatic heterocycles. The standard InChI is InChI=1S/C19H14F5NO4/c1-10(26)28-8-18(7-20)9-29-16-13(18)6-14(17(27)19(22,23)24)25-15(16)11-2-4-12(21)5-3-11/h2-6H,7-9H2,1H3. The molecule has 1 atom stereocenters. The highest BCUT2D eigenvalue weighted by molar-refractivity contribution is 5.99. The zero-order valence-corrected chi connectivity index (χ0v) is 15.0. The minimum atomic E-state index is -5.21. The predicted octanol–water partition coefficient (Wildman–Crippen LogP) is 3.80. The molecule has 1 aromatic carbocycles. The van der Waals surface area contributed by atoms with E-state index in [9.17, 15) is 31.5 Å². The maximum Gasteiger partial charge on any atom is 0.456 e. The number of carbonyl (C=O) groups is 2. The van der Waals surface area contributed by atoms with Gasteiger partial charge in [0.2, 0.25) is 0 Å². The van der Waals surface area contributed by atoms with Gasteiger partial charge in [-0.15, -0.1) is 0 Å². The molecule has 1 aromatic heterocycles. The summed E-state index contributed by atoms with van der Waals surface area (Å²) in [4.78, 5) is 26.7. The van der Waals surface area contributed by atoms with Crippen LogP contribution in [0.25, 0.3) is 11.3 Å². The number of alkyl halides is 4. The monoisotopic (exact) mass is 415 g/mol. The minimum Gasteiger partial charge on any atom is -0.490 e. The molecule has 0 bridgehead atoms. The molecule has 0 N–H and O–H groups in total. The SMILES string of the molecule is CC(=O)OCC1(CF)COc2c1cc(C(=O)C(F)(F)F)nc2-c1ccc(F)cc1. The first-order chi connectivity index (χ1) is 13.6. The molecule has 29 heavy (non-hydrogen) atoms. The molecule has 1 unspecified atom stereocenters. The van der Waals surface area contributed by atoms with Gasteiger partial charge in [-0.25, -0.2) is 13.8 Å².